The van der Waals surface area contributed by atoms with Crippen molar-refractivity contribution in [2.45, 2.75) is 54.4 Å². The Kier molecular flexibility index (Phi) is 10.7. The molecule has 1 amide bonds. The largest absolute Gasteiger partial charge is 0.396 e. The lowest BCUT2D eigenvalue weighted by Crippen LogP contribution is -2.38. The van der Waals surface area contributed by atoms with Crippen LogP contribution in [0.25, 0.3) is 0 Å². The summed E-state index contributed by atoms with van der Waals surface area (Å²) in [5.74, 6) is 0.261. The van der Waals surface area contributed by atoms with Crippen molar-refractivity contribution in [2.75, 3.05) is 13.2 Å². The lowest BCUT2D eigenvalue weighted by Gasteiger charge is -2.26. The van der Waals surface area contributed by atoms with E-state index in [0.29, 0.717) is 0 Å². The number of carbonyl (C=O) groups is 1. The molecular formula is C13H29NO2. The highest BCUT2D eigenvalue weighted by molar-refractivity contribution is 5.81. The predicted octanol–water partition coefficient (Wildman–Crippen LogP) is 2.58. The van der Waals surface area contributed by atoms with Crippen LogP contribution in [0.4, 0.5) is 0 Å². The van der Waals surface area contributed by atoms with E-state index >= 15 is 0 Å². The number of amides is 1. The zero-order valence-corrected chi connectivity index (χ0v) is 11.8. The second-order valence-corrected chi connectivity index (χ2v) is 4.63. The fraction of sp³-hybridized carbons (Fsp3) is 0.923. The minimum atomic E-state index is -0.378. The maximum atomic E-state index is 11.7. The van der Waals surface area contributed by atoms with E-state index in [0.717, 1.165) is 19.4 Å². The van der Waals surface area contributed by atoms with Gasteiger partial charge in [-0.1, -0.05) is 41.5 Å². The quantitative estimate of drug-likeness (QED) is 0.738. The smallest absolute Gasteiger partial charge is 0.225 e. The van der Waals surface area contributed by atoms with E-state index in [9.17, 15) is 4.79 Å². The standard InChI is InChI=1S/C11H23NO2.C2H6/c1-5-6-12-10(14)11(3,4)7-9(2)8-13;1-2/h9,13H,5-8H2,1-4H3,(H,12,14);1-2H3. The third-order valence-electron chi connectivity index (χ3n) is 2.32. The van der Waals surface area contributed by atoms with Crippen molar-refractivity contribution in [3.63, 3.8) is 0 Å². The van der Waals surface area contributed by atoms with E-state index in [1.807, 2.05) is 41.5 Å². The average molecular weight is 231 g/mol. The summed E-state index contributed by atoms with van der Waals surface area (Å²) in [6.45, 7) is 12.7. The van der Waals surface area contributed by atoms with E-state index < -0.39 is 0 Å². The fourth-order valence-corrected chi connectivity index (χ4v) is 1.51. The number of rotatable bonds is 6. The molecule has 0 spiro atoms. The summed E-state index contributed by atoms with van der Waals surface area (Å²) in [6.07, 6.45) is 1.68. The molecule has 0 heterocycles. The summed E-state index contributed by atoms with van der Waals surface area (Å²) in [5, 5.41) is 11.8. The van der Waals surface area contributed by atoms with Crippen LogP contribution in [-0.4, -0.2) is 24.2 Å². The summed E-state index contributed by atoms with van der Waals surface area (Å²) in [4.78, 5) is 11.7. The van der Waals surface area contributed by atoms with Gasteiger partial charge in [0.2, 0.25) is 5.91 Å². The van der Waals surface area contributed by atoms with Crippen LogP contribution in [-0.2, 0) is 4.79 Å². The Morgan fingerprint density at radius 1 is 1.38 bits per heavy atom. The van der Waals surface area contributed by atoms with E-state index in [2.05, 4.69) is 5.32 Å². The molecule has 0 rings (SSSR count). The molecular weight excluding hydrogens is 202 g/mol. The van der Waals surface area contributed by atoms with Gasteiger partial charge in [0.25, 0.3) is 0 Å². The van der Waals surface area contributed by atoms with Gasteiger partial charge in [-0.25, -0.2) is 0 Å². The Balaban J connectivity index is 0. The molecule has 0 bridgehead atoms. The van der Waals surface area contributed by atoms with Gasteiger partial charge >= 0.3 is 0 Å². The summed E-state index contributed by atoms with van der Waals surface area (Å²) >= 11 is 0. The molecule has 0 fully saturated rings. The lowest BCUT2D eigenvalue weighted by atomic mass is 9.83. The van der Waals surface area contributed by atoms with Crippen LogP contribution >= 0.6 is 0 Å². The van der Waals surface area contributed by atoms with Crippen LogP contribution < -0.4 is 5.32 Å². The van der Waals surface area contributed by atoms with Crippen molar-refractivity contribution in [1.29, 1.82) is 0 Å². The van der Waals surface area contributed by atoms with Crippen LogP contribution in [0.3, 0.4) is 0 Å². The molecule has 16 heavy (non-hydrogen) atoms. The van der Waals surface area contributed by atoms with Gasteiger partial charge in [-0.2, -0.15) is 0 Å². The van der Waals surface area contributed by atoms with Crippen molar-refractivity contribution in [3.8, 4) is 0 Å². The molecule has 0 radical (unpaired) electrons. The molecule has 0 aliphatic rings. The first kappa shape index (κ1) is 17.8. The molecule has 0 aromatic rings. The molecule has 0 aliphatic carbocycles. The Labute approximate surface area is 101 Å². The van der Waals surface area contributed by atoms with E-state index in [1.165, 1.54) is 0 Å². The normalized spacial score (nSPS) is 12.4. The second-order valence-electron chi connectivity index (χ2n) is 4.63. The number of hydrogen-bond donors (Lipinski definition) is 2. The minimum absolute atomic E-state index is 0.0830. The Morgan fingerprint density at radius 3 is 2.25 bits per heavy atom. The molecule has 2 N–H and O–H groups in total. The van der Waals surface area contributed by atoms with Crippen molar-refractivity contribution < 1.29 is 9.90 Å². The zero-order valence-electron chi connectivity index (χ0n) is 11.8. The minimum Gasteiger partial charge on any atom is -0.396 e. The first-order valence-electron chi connectivity index (χ1n) is 6.33. The maximum Gasteiger partial charge on any atom is 0.225 e. The predicted molar refractivity (Wildman–Crippen MR) is 69.3 cm³/mol. The van der Waals surface area contributed by atoms with Crippen LogP contribution in [0.2, 0.25) is 0 Å². The molecule has 0 saturated heterocycles. The molecule has 3 nitrogen and oxygen atoms in total. The van der Waals surface area contributed by atoms with E-state index in [1.54, 1.807) is 0 Å². The lowest BCUT2D eigenvalue weighted by molar-refractivity contribution is -0.130. The van der Waals surface area contributed by atoms with Crippen LogP contribution in [0.15, 0.2) is 0 Å². The van der Waals surface area contributed by atoms with Crippen LogP contribution in [0, 0.1) is 11.3 Å². The monoisotopic (exact) mass is 231 g/mol. The second kappa shape index (κ2) is 9.64. The molecule has 3 heteroatoms. The summed E-state index contributed by atoms with van der Waals surface area (Å²) in [6, 6.07) is 0. The summed E-state index contributed by atoms with van der Waals surface area (Å²) in [5.41, 5.74) is -0.378. The molecule has 0 aliphatic heterocycles. The number of aliphatic hydroxyl groups excluding tert-OH is 1. The Morgan fingerprint density at radius 2 is 1.88 bits per heavy atom. The highest BCUT2D eigenvalue weighted by atomic mass is 16.3. The van der Waals surface area contributed by atoms with Crippen molar-refractivity contribution in [2.24, 2.45) is 11.3 Å². The first-order valence-corrected chi connectivity index (χ1v) is 6.33. The van der Waals surface area contributed by atoms with Gasteiger partial charge in [-0.05, 0) is 18.8 Å². The fourth-order valence-electron chi connectivity index (χ4n) is 1.51. The van der Waals surface area contributed by atoms with Gasteiger partial charge in [0.05, 0.1) is 0 Å². The third-order valence-corrected chi connectivity index (χ3v) is 2.32. The number of hydrogen-bond acceptors (Lipinski definition) is 2. The van der Waals surface area contributed by atoms with E-state index in [-0.39, 0.29) is 23.8 Å². The zero-order chi connectivity index (χ0) is 13.2. The third kappa shape index (κ3) is 7.69. The maximum absolute atomic E-state index is 11.7. The number of aliphatic hydroxyl groups is 1. The average Bonchev–Trinajstić information content (AvgIpc) is 2.27. The van der Waals surface area contributed by atoms with Crippen molar-refractivity contribution >= 4 is 5.91 Å². The highest BCUT2D eigenvalue weighted by Crippen LogP contribution is 2.25. The molecule has 0 aromatic carbocycles. The van der Waals surface area contributed by atoms with Gasteiger partial charge in [0.15, 0.2) is 0 Å². The highest BCUT2D eigenvalue weighted by Gasteiger charge is 2.28. The van der Waals surface area contributed by atoms with Crippen molar-refractivity contribution in [3.05, 3.63) is 0 Å². The summed E-state index contributed by atoms with van der Waals surface area (Å²) < 4.78 is 0. The van der Waals surface area contributed by atoms with E-state index in [4.69, 9.17) is 5.11 Å². The SMILES string of the molecule is CC.CCCNC(=O)C(C)(C)CC(C)CO. The topological polar surface area (TPSA) is 49.3 Å². The van der Waals surface area contributed by atoms with Gasteiger partial charge in [-0.3, -0.25) is 4.79 Å². The molecule has 98 valence electrons. The number of carbonyl (C=O) groups excluding carboxylic acids is 1. The van der Waals surface area contributed by atoms with Crippen molar-refractivity contribution in [1.82, 2.24) is 5.32 Å². The number of nitrogens with one attached hydrogen (secondary N) is 1. The summed E-state index contributed by atoms with van der Waals surface area (Å²) in [7, 11) is 0. The molecule has 0 aromatic heterocycles. The van der Waals surface area contributed by atoms with Gasteiger partial charge in [-0.15, -0.1) is 0 Å². The van der Waals surface area contributed by atoms with Gasteiger partial charge in [0, 0.05) is 18.6 Å². The Bertz CT molecular complexity index is 179. The first-order chi connectivity index (χ1) is 7.44. The van der Waals surface area contributed by atoms with Gasteiger partial charge in [0.1, 0.15) is 0 Å². The Hall–Kier alpha value is -0.570. The molecule has 1 atom stereocenters. The molecule has 0 saturated carbocycles. The molecule has 1 unspecified atom stereocenters. The van der Waals surface area contributed by atoms with Gasteiger partial charge < -0.3 is 10.4 Å². The van der Waals surface area contributed by atoms with Crippen LogP contribution in [0.5, 0.6) is 0 Å². The van der Waals surface area contributed by atoms with Crippen LogP contribution in [0.1, 0.15) is 54.4 Å².